The molecule has 0 saturated carbocycles. The Kier molecular flexibility index (Phi) is 8.12. The summed E-state index contributed by atoms with van der Waals surface area (Å²) in [5, 5.41) is 11.7. The third-order valence-electron chi connectivity index (χ3n) is 7.17. The van der Waals surface area contributed by atoms with Crippen molar-refractivity contribution >= 4 is 39.9 Å². The lowest BCUT2D eigenvalue weighted by Crippen LogP contribution is -2.29. The molecule has 214 valence electrons. The maximum absolute atomic E-state index is 13.6. The van der Waals surface area contributed by atoms with E-state index in [1.165, 1.54) is 12.0 Å². The number of benzene rings is 2. The first kappa shape index (κ1) is 28.4. The number of nitrogens with zero attached hydrogens (tertiary/aromatic N) is 2. The van der Waals surface area contributed by atoms with E-state index >= 15 is 0 Å². The summed E-state index contributed by atoms with van der Waals surface area (Å²) in [5.41, 5.74) is 2.18. The first-order chi connectivity index (χ1) is 19.7. The van der Waals surface area contributed by atoms with Gasteiger partial charge in [0.25, 0.3) is 5.78 Å². The second-order valence-corrected chi connectivity index (χ2v) is 11.1. The second kappa shape index (κ2) is 11.7. The van der Waals surface area contributed by atoms with Crippen LogP contribution in [0.15, 0.2) is 48.0 Å². The maximum atomic E-state index is 13.6. The maximum Gasteiger partial charge on any atom is 0.350 e. The lowest BCUT2D eigenvalue weighted by molar-refractivity contribution is -0.132. The number of Topliss-reactive ketones (excluding diaryl/α,β-unsaturated/α-hetero) is 1. The van der Waals surface area contributed by atoms with Gasteiger partial charge < -0.3 is 19.3 Å². The van der Waals surface area contributed by atoms with Crippen LogP contribution in [0.5, 0.6) is 11.5 Å². The SMILES string of the molecule is CCCCCOc1cccc([C@@H]2/C(=C(\O)c3ccc4c(c3)C[C@@H](C)O4)C(=O)C(=O)N2c2nc(C)c(C(=O)OC)s2)c1. The number of hydrogen-bond acceptors (Lipinski definition) is 9. The Hall–Kier alpha value is -4.18. The molecular weight excluding hydrogens is 544 g/mol. The molecule has 1 N–H and O–H groups in total. The summed E-state index contributed by atoms with van der Waals surface area (Å²) < 4.78 is 16.6. The summed E-state index contributed by atoms with van der Waals surface area (Å²) in [5.74, 6) is -1.27. The number of aromatic nitrogens is 1. The lowest BCUT2D eigenvalue weighted by Gasteiger charge is -2.23. The molecule has 1 saturated heterocycles. The van der Waals surface area contributed by atoms with Crippen molar-refractivity contribution in [1.82, 2.24) is 4.98 Å². The Morgan fingerprint density at radius 2 is 2.00 bits per heavy atom. The standard InChI is InChI=1S/C31H32N2O7S/c1-5-6-7-13-39-22-10-8-9-19(16-22)25-24(26(34)20-11-12-23-21(15-20)14-17(2)40-23)27(35)29(36)33(25)31-32-18(3)28(41-31)30(37)38-4/h8-12,15-17,25,34H,5-7,13-14H2,1-4H3/b26-24+/t17-,25-/m1/s1. The van der Waals surface area contributed by atoms with Gasteiger partial charge in [0.15, 0.2) is 5.13 Å². The highest BCUT2D eigenvalue weighted by Crippen LogP contribution is 2.45. The van der Waals surface area contributed by atoms with Crippen molar-refractivity contribution in [1.29, 1.82) is 0 Å². The van der Waals surface area contributed by atoms with E-state index in [0.717, 1.165) is 41.9 Å². The molecule has 3 heterocycles. The molecule has 1 fully saturated rings. The molecule has 2 aliphatic rings. The van der Waals surface area contributed by atoms with Crippen LogP contribution >= 0.6 is 11.3 Å². The van der Waals surface area contributed by atoms with Crippen molar-refractivity contribution in [3.05, 3.63) is 75.3 Å². The molecule has 3 aromatic rings. The summed E-state index contributed by atoms with van der Waals surface area (Å²) in [7, 11) is 1.27. The van der Waals surface area contributed by atoms with E-state index in [2.05, 4.69) is 11.9 Å². The van der Waals surface area contributed by atoms with E-state index in [1.54, 1.807) is 43.3 Å². The third-order valence-corrected chi connectivity index (χ3v) is 8.30. The summed E-state index contributed by atoms with van der Waals surface area (Å²) in [6.45, 7) is 6.24. The van der Waals surface area contributed by atoms with Gasteiger partial charge in [0.05, 0.1) is 31.0 Å². The number of aliphatic hydroxyl groups excluding tert-OH is 1. The van der Waals surface area contributed by atoms with Gasteiger partial charge in [0.2, 0.25) is 0 Å². The molecule has 1 amide bonds. The number of carbonyl (C=O) groups is 3. The zero-order chi connectivity index (χ0) is 29.3. The van der Waals surface area contributed by atoms with Gasteiger partial charge in [-0.25, -0.2) is 9.78 Å². The lowest BCUT2D eigenvalue weighted by atomic mass is 9.94. The van der Waals surface area contributed by atoms with Crippen molar-refractivity contribution in [2.24, 2.45) is 0 Å². The monoisotopic (exact) mass is 576 g/mol. The van der Waals surface area contributed by atoms with Crippen LogP contribution in [0.25, 0.3) is 5.76 Å². The van der Waals surface area contributed by atoms with Crippen molar-refractivity contribution in [3.8, 4) is 11.5 Å². The highest BCUT2D eigenvalue weighted by atomic mass is 32.1. The molecule has 5 rings (SSSR count). The van der Waals surface area contributed by atoms with Gasteiger partial charge in [-0.2, -0.15) is 0 Å². The first-order valence-electron chi connectivity index (χ1n) is 13.6. The predicted octanol–water partition coefficient (Wildman–Crippen LogP) is 5.76. The third kappa shape index (κ3) is 5.44. The Morgan fingerprint density at radius 3 is 2.76 bits per heavy atom. The number of anilines is 1. The minimum absolute atomic E-state index is 0.00481. The van der Waals surface area contributed by atoms with E-state index in [-0.39, 0.29) is 27.4 Å². The van der Waals surface area contributed by atoms with Crippen LogP contribution in [0.1, 0.15) is 71.2 Å². The quantitative estimate of drug-likeness (QED) is 0.112. The number of carbonyl (C=O) groups excluding carboxylic acids is 3. The van der Waals surface area contributed by atoms with E-state index in [9.17, 15) is 19.5 Å². The van der Waals surface area contributed by atoms with Crippen LogP contribution in [0, 0.1) is 6.92 Å². The van der Waals surface area contributed by atoms with E-state index in [1.807, 2.05) is 13.0 Å². The van der Waals surface area contributed by atoms with Crippen molar-refractivity contribution < 1.29 is 33.7 Å². The Bertz CT molecular complexity index is 1540. The van der Waals surface area contributed by atoms with Crippen LogP contribution in [0.4, 0.5) is 5.13 Å². The number of fused-ring (bicyclic) bond motifs is 1. The molecule has 0 spiro atoms. The molecule has 0 radical (unpaired) electrons. The largest absolute Gasteiger partial charge is 0.507 e. The minimum atomic E-state index is -1.01. The zero-order valence-electron chi connectivity index (χ0n) is 23.4. The number of thiazole rings is 1. The fourth-order valence-electron chi connectivity index (χ4n) is 5.15. The normalized spacial score (nSPS) is 19.3. The summed E-state index contributed by atoms with van der Waals surface area (Å²) >= 11 is 0.958. The van der Waals surface area contributed by atoms with Gasteiger partial charge in [-0.3, -0.25) is 14.5 Å². The van der Waals surface area contributed by atoms with Crippen LogP contribution in [0.2, 0.25) is 0 Å². The molecule has 0 aliphatic carbocycles. The van der Waals surface area contributed by atoms with Crippen LogP contribution < -0.4 is 14.4 Å². The average molecular weight is 577 g/mol. The van der Waals surface area contributed by atoms with Gasteiger partial charge in [0.1, 0.15) is 28.2 Å². The Morgan fingerprint density at radius 1 is 1.20 bits per heavy atom. The highest BCUT2D eigenvalue weighted by molar-refractivity contribution is 7.17. The van der Waals surface area contributed by atoms with Gasteiger partial charge >= 0.3 is 11.9 Å². The molecule has 10 heteroatoms. The molecule has 0 bridgehead atoms. The van der Waals surface area contributed by atoms with Gasteiger partial charge in [-0.15, -0.1) is 0 Å². The number of aliphatic hydroxyl groups is 1. The average Bonchev–Trinajstić information content (AvgIpc) is 3.62. The van der Waals surface area contributed by atoms with Crippen molar-refractivity contribution in [2.75, 3.05) is 18.6 Å². The summed E-state index contributed by atoms with van der Waals surface area (Å²) in [6, 6.07) is 11.3. The number of rotatable bonds is 9. The number of hydrogen-bond donors (Lipinski definition) is 1. The van der Waals surface area contributed by atoms with E-state index in [4.69, 9.17) is 14.2 Å². The fourth-order valence-corrected chi connectivity index (χ4v) is 6.17. The summed E-state index contributed by atoms with van der Waals surface area (Å²) in [6.07, 6.45) is 3.67. The number of unbranched alkanes of at least 4 members (excludes halogenated alkanes) is 2. The predicted molar refractivity (Wildman–Crippen MR) is 155 cm³/mol. The first-order valence-corrected chi connectivity index (χ1v) is 14.4. The van der Waals surface area contributed by atoms with E-state index in [0.29, 0.717) is 35.6 Å². The fraction of sp³-hybridized carbons (Fsp3) is 0.355. The molecular formula is C31H32N2O7S. The van der Waals surface area contributed by atoms with Gasteiger partial charge in [-0.1, -0.05) is 43.2 Å². The zero-order valence-corrected chi connectivity index (χ0v) is 24.2. The number of aryl methyl sites for hydroxylation is 1. The summed E-state index contributed by atoms with van der Waals surface area (Å²) in [4.78, 5) is 45.4. The molecule has 1 aromatic heterocycles. The van der Waals surface area contributed by atoms with Crippen molar-refractivity contribution in [2.45, 2.75) is 58.6 Å². The smallest absolute Gasteiger partial charge is 0.350 e. The van der Waals surface area contributed by atoms with Crippen LogP contribution in [-0.2, 0) is 20.7 Å². The van der Waals surface area contributed by atoms with Crippen LogP contribution in [0.3, 0.4) is 0 Å². The minimum Gasteiger partial charge on any atom is -0.507 e. The highest BCUT2D eigenvalue weighted by Gasteiger charge is 2.48. The van der Waals surface area contributed by atoms with Crippen molar-refractivity contribution in [3.63, 3.8) is 0 Å². The molecule has 2 atom stereocenters. The molecule has 2 aromatic carbocycles. The number of ketones is 1. The topological polar surface area (TPSA) is 115 Å². The van der Waals surface area contributed by atoms with Crippen LogP contribution in [-0.4, -0.2) is 47.6 Å². The second-order valence-electron chi connectivity index (χ2n) is 10.2. The number of ether oxygens (including phenoxy) is 3. The van der Waals surface area contributed by atoms with Gasteiger partial charge in [-0.05, 0) is 61.7 Å². The van der Waals surface area contributed by atoms with E-state index < -0.39 is 23.7 Å². The molecule has 41 heavy (non-hydrogen) atoms. The molecule has 9 nitrogen and oxygen atoms in total. The number of amides is 1. The Labute approximate surface area is 242 Å². The van der Waals surface area contributed by atoms with Gasteiger partial charge in [0, 0.05) is 12.0 Å². The Balaban J connectivity index is 1.63. The number of methoxy groups -OCH3 is 1. The molecule has 0 unspecified atom stereocenters. The molecule has 2 aliphatic heterocycles. The number of esters is 1.